The van der Waals surface area contributed by atoms with E-state index in [2.05, 4.69) is 8.37 Å². The molecule has 0 aliphatic heterocycles. The zero-order chi connectivity index (χ0) is 17.4. The first-order valence-electron chi connectivity index (χ1n) is 6.37. The van der Waals surface area contributed by atoms with Crippen molar-refractivity contribution in [2.75, 3.05) is 24.7 Å². The van der Waals surface area contributed by atoms with Crippen LogP contribution in [0.15, 0.2) is 0 Å². The molecule has 0 saturated heterocycles. The SMILES string of the molecule is C[Si](C)(C)OS(=O)(=O)OCCCS(=O)(=O)CCCOS(=O)O. The van der Waals surface area contributed by atoms with Crippen LogP contribution in [-0.2, 0) is 43.8 Å². The summed E-state index contributed by atoms with van der Waals surface area (Å²) in [6, 6.07) is 0. The molecule has 9 nitrogen and oxygen atoms in total. The third-order valence-corrected chi connectivity index (χ3v) is 7.42. The van der Waals surface area contributed by atoms with E-state index < -0.39 is 39.9 Å². The molecule has 0 radical (unpaired) electrons. The lowest BCUT2D eigenvalue weighted by atomic mass is 10.5. The van der Waals surface area contributed by atoms with Gasteiger partial charge in [0.2, 0.25) is 8.32 Å². The summed E-state index contributed by atoms with van der Waals surface area (Å²) in [5, 5.41) is 0. The van der Waals surface area contributed by atoms with E-state index in [0.717, 1.165) is 0 Å². The van der Waals surface area contributed by atoms with Crippen LogP contribution in [-0.4, -0.2) is 58.6 Å². The first-order valence-corrected chi connectivity index (χ1v) is 14.0. The standard InChI is InChI=1S/C9H22O9S3Si/c1-22(2,3)18-21(14,15)17-7-5-9-20(12,13)8-4-6-16-19(10)11/h4-9H2,1-3H3,(H,10,11). The molecule has 1 N–H and O–H groups in total. The highest BCUT2D eigenvalue weighted by Crippen LogP contribution is 2.10. The van der Waals surface area contributed by atoms with E-state index in [1.807, 2.05) is 0 Å². The van der Waals surface area contributed by atoms with Gasteiger partial charge in [0.25, 0.3) is 0 Å². The van der Waals surface area contributed by atoms with Gasteiger partial charge in [-0.2, -0.15) is 12.6 Å². The Bertz CT molecular complexity index is 549. The van der Waals surface area contributed by atoms with Crippen molar-refractivity contribution in [3.05, 3.63) is 0 Å². The van der Waals surface area contributed by atoms with Crippen LogP contribution in [0, 0.1) is 0 Å². The van der Waals surface area contributed by atoms with Crippen LogP contribution >= 0.6 is 0 Å². The Morgan fingerprint density at radius 1 is 1.00 bits per heavy atom. The predicted molar refractivity (Wildman–Crippen MR) is 83.9 cm³/mol. The van der Waals surface area contributed by atoms with E-state index in [9.17, 15) is 21.0 Å². The first-order chi connectivity index (χ1) is 9.83. The van der Waals surface area contributed by atoms with Gasteiger partial charge in [-0.1, -0.05) is 0 Å². The van der Waals surface area contributed by atoms with Crippen LogP contribution in [0.3, 0.4) is 0 Å². The van der Waals surface area contributed by atoms with Gasteiger partial charge in [-0.05, 0) is 32.5 Å². The molecule has 0 rings (SSSR count). The van der Waals surface area contributed by atoms with Gasteiger partial charge >= 0.3 is 21.8 Å². The Morgan fingerprint density at radius 2 is 1.50 bits per heavy atom. The largest absolute Gasteiger partial charge is 0.390 e. The molecule has 22 heavy (non-hydrogen) atoms. The topological polar surface area (TPSA) is 133 Å². The average molecular weight is 399 g/mol. The summed E-state index contributed by atoms with van der Waals surface area (Å²) < 4.78 is 78.3. The van der Waals surface area contributed by atoms with E-state index in [1.54, 1.807) is 19.6 Å². The molecule has 0 aromatic rings. The maximum atomic E-state index is 11.6. The van der Waals surface area contributed by atoms with Crippen LogP contribution in [0.25, 0.3) is 0 Å². The molecular formula is C9H22O9S3Si. The third kappa shape index (κ3) is 13.7. The molecule has 0 bridgehead atoms. The van der Waals surface area contributed by atoms with E-state index in [1.165, 1.54) is 0 Å². The predicted octanol–water partition coefficient (Wildman–Crippen LogP) is 0.448. The number of sulfone groups is 1. The maximum Gasteiger partial charge on any atom is 0.390 e. The molecule has 0 aliphatic carbocycles. The molecular weight excluding hydrogens is 376 g/mol. The van der Waals surface area contributed by atoms with Gasteiger partial charge in [-0.15, -0.1) is 0 Å². The fraction of sp³-hybridized carbons (Fsp3) is 1.00. The Balaban J connectivity index is 4.01. The second-order valence-corrected chi connectivity index (χ2v) is 14.2. The summed E-state index contributed by atoms with van der Waals surface area (Å²) >= 11 is -2.41. The minimum absolute atomic E-state index is 0.00338. The Kier molecular flexibility index (Phi) is 9.46. The van der Waals surface area contributed by atoms with Gasteiger partial charge in [0.05, 0.1) is 24.7 Å². The van der Waals surface area contributed by atoms with Crippen LogP contribution in [0.2, 0.25) is 19.6 Å². The highest BCUT2D eigenvalue weighted by molar-refractivity contribution is 7.91. The van der Waals surface area contributed by atoms with E-state index in [0.29, 0.717) is 0 Å². The fourth-order valence-electron chi connectivity index (χ4n) is 1.28. The fourth-order valence-corrected chi connectivity index (χ4v) is 5.83. The van der Waals surface area contributed by atoms with Gasteiger partial charge in [-0.25, -0.2) is 12.6 Å². The Morgan fingerprint density at radius 3 is 1.95 bits per heavy atom. The summed E-state index contributed by atoms with van der Waals surface area (Å²) in [6.07, 6.45) is 0.0793. The molecule has 13 heteroatoms. The van der Waals surface area contributed by atoms with Crippen molar-refractivity contribution in [1.29, 1.82) is 0 Å². The van der Waals surface area contributed by atoms with Crippen LogP contribution in [0.5, 0.6) is 0 Å². The zero-order valence-electron chi connectivity index (χ0n) is 12.7. The second kappa shape index (κ2) is 9.41. The lowest BCUT2D eigenvalue weighted by molar-refractivity contribution is 0.272. The van der Waals surface area contributed by atoms with Gasteiger partial charge in [0, 0.05) is 0 Å². The molecule has 1 unspecified atom stereocenters. The van der Waals surface area contributed by atoms with Crippen molar-refractivity contribution in [2.45, 2.75) is 32.5 Å². The smallest absolute Gasteiger partial charge is 0.294 e. The molecule has 0 fully saturated rings. The molecule has 0 spiro atoms. The summed E-state index contributed by atoms with van der Waals surface area (Å²) in [4.78, 5) is 0. The van der Waals surface area contributed by atoms with Crippen molar-refractivity contribution >= 4 is 39.9 Å². The summed E-state index contributed by atoms with van der Waals surface area (Å²) in [5.74, 6) is -0.472. The van der Waals surface area contributed by atoms with E-state index >= 15 is 0 Å². The van der Waals surface area contributed by atoms with Gasteiger partial charge < -0.3 is 0 Å². The molecule has 0 amide bonds. The first kappa shape index (κ1) is 22.1. The highest BCUT2D eigenvalue weighted by Gasteiger charge is 2.25. The zero-order valence-corrected chi connectivity index (χ0v) is 16.1. The lowest BCUT2D eigenvalue weighted by Crippen LogP contribution is -2.30. The van der Waals surface area contributed by atoms with Gasteiger partial charge in [-0.3, -0.25) is 12.6 Å². The van der Waals surface area contributed by atoms with Crippen molar-refractivity contribution in [3.8, 4) is 0 Å². The van der Waals surface area contributed by atoms with E-state index in [-0.39, 0.29) is 37.6 Å². The lowest BCUT2D eigenvalue weighted by Gasteiger charge is -2.16. The maximum absolute atomic E-state index is 11.6. The quantitative estimate of drug-likeness (QED) is 0.282. The summed E-state index contributed by atoms with van der Waals surface area (Å²) in [7, 11) is -9.81. The van der Waals surface area contributed by atoms with Crippen molar-refractivity contribution in [1.82, 2.24) is 0 Å². The molecule has 0 heterocycles. The molecule has 0 aromatic heterocycles. The summed E-state index contributed by atoms with van der Waals surface area (Å²) in [5.41, 5.74) is 0. The number of rotatable bonds is 12. The van der Waals surface area contributed by atoms with Crippen LogP contribution < -0.4 is 0 Å². The van der Waals surface area contributed by atoms with Gasteiger partial charge in [0.15, 0.2) is 0 Å². The molecule has 134 valence electrons. The third-order valence-electron chi connectivity index (χ3n) is 1.96. The normalized spacial score (nSPS) is 14.9. The van der Waals surface area contributed by atoms with Crippen molar-refractivity contribution < 1.29 is 37.8 Å². The average Bonchev–Trinajstić information content (AvgIpc) is 2.27. The molecule has 0 aliphatic rings. The van der Waals surface area contributed by atoms with Crippen LogP contribution in [0.4, 0.5) is 0 Å². The summed E-state index contributed by atoms with van der Waals surface area (Å²) in [6.45, 7) is 4.60. The molecule has 0 aromatic carbocycles. The Labute approximate surface area is 135 Å². The Hall–Kier alpha value is 0.107. The minimum Gasteiger partial charge on any atom is -0.294 e. The highest BCUT2D eigenvalue weighted by atomic mass is 32.3. The molecule has 0 saturated carbocycles. The molecule has 1 atom stereocenters. The van der Waals surface area contributed by atoms with Crippen LogP contribution in [0.1, 0.15) is 12.8 Å². The second-order valence-electron chi connectivity index (χ2n) is 5.32. The number of hydrogen-bond donors (Lipinski definition) is 1. The van der Waals surface area contributed by atoms with E-state index in [4.69, 9.17) is 8.42 Å². The monoisotopic (exact) mass is 398 g/mol. The van der Waals surface area contributed by atoms with Crippen molar-refractivity contribution in [2.24, 2.45) is 0 Å². The van der Waals surface area contributed by atoms with Crippen molar-refractivity contribution in [3.63, 3.8) is 0 Å². The number of hydrogen-bond acceptors (Lipinski definition) is 8. The minimum atomic E-state index is -4.10. The van der Waals surface area contributed by atoms with Gasteiger partial charge in [0.1, 0.15) is 9.84 Å².